The Morgan fingerprint density at radius 1 is 0.867 bits per heavy atom. The Balaban J connectivity index is 1.45. The van der Waals surface area contributed by atoms with Crippen molar-refractivity contribution in [1.82, 2.24) is 0 Å². The molecule has 1 amide bonds. The van der Waals surface area contributed by atoms with Crippen molar-refractivity contribution in [2.75, 3.05) is 11.9 Å². The molecule has 0 saturated carbocycles. The fourth-order valence-electron chi connectivity index (χ4n) is 2.39. The predicted octanol–water partition coefficient (Wildman–Crippen LogP) is 5.98. The quantitative estimate of drug-likeness (QED) is 0.361. The second-order valence-electron chi connectivity index (χ2n) is 6.10. The van der Waals surface area contributed by atoms with Crippen LogP contribution >= 0.6 is 23.2 Å². The van der Waals surface area contributed by atoms with E-state index in [1.807, 2.05) is 30.3 Å². The number of rotatable bonds is 7. The summed E-state index contributed by atoms with van der Waals surface area (Å²) < 4.78 is 10.6. The summed E-state index contributed by atoms with van der Waals surface area (Å²) in [4.78, 5) is 23.8. The summed E-state index contributed by atoms with van der Waals surface area (Å²) in [6, 6.07) is 21.2. The van der Waals surface area contributed by atoms with Gasteiger partial charge >= 0.3 is 5.97 Å². The number of carbonyl (C=O) groups excluding carboxylic acids is 2. The van der Waals surface area contributed by atoms with Crippen LogP contribution in [0.25, 0.3) is 6.08 Å². The number of para-hydroxylation sites is 1. The third-order valence-corrected chi connectivity index (χ3v) is 4.56. The number of benzene rings is 3. The molecule has 30 heavy (non-hydrogen) atoms. The van der Waals surface area contributed by atoms with E-state index in [1.54, 1.807) is 42.5 Å². The molecule has 0 aliphatic heterocycles. The van der Waals surface area contributed by atoms with Crippen molar-refractivity contribution in [3.63, 3.8) is 0 Å². The Kier molecular flexibility index (Phi) is 7.49. The molecular weight excluding hydrogens is 425 g/mol. The lowest BCUT2D eigenvalue weighted by molar-refractivity contribution is -0.142. The number of nitrogens with one attached hydrogen (secondary N) is 1. The average molecular weight is 442 g/mol. The minimum atomic E-state index is -0.650. The first kappa shape index (κ1) is 21.4. The van der Waals surface area contributed by atoms with Gasteiger partial charge in [0.1, 0.15) is 11.5 Å². The van der Waals surface area contributed by atoms with Crippen LogP contribution in [0, 0.1) is 0 Å². The number of ether oxygens (including phenoxy) is 2. The molecule has 3 aromatic rings. The molecule has 0 fully saturated rings. The van der Waals surface area contributed by atoms with E-state index >= 15 is 0 Å². The van der Waals surface area contributed by atoms with Gasteiger partial charge in [-0.2, -0.15) is 0 Å². The van der Waals surface area contributed by atoms with Gasteiger partial charge in [-0.15, -0.1) is 0 Å². The highest BCUT2D eigenvalue weighted by molar-refractivity contribution is 6.42. The molecular formula is C23H17Cl2NO4. The fraction of sp³-hybridized carbons (Fsp3) is 0.0435. The normalized spacial score (nSPS) is 10.6. The SMILES string of the molecule is O=C(COC(=O)C=Cc1ccc(Cl)c(Cl)c1)Nc1ccc(Oc2ccccc2)cc1. The van der Waals surface area contributed by atoms with Crippen molar-refractivity contribution < 1.29 is 19.1 Å². The first-order chi connectivity index (χ1) is 14.5. The number of esters is 1. The van der Waals surface area contributed by atoms with Crippen molar-refractivity contribution in [2.45, 2.75) is 0 Å². The fourth-order valence-corrected chi connectivity index (χ4v) is 2.70. The molecule has 0 unspecified atom stereocenters. The monoisotopic (exact) mass is 441 g/mol. The van der Waals surface area contributed by atoms with Crippen LogP contribution in [0.5, 0.6) is 11.5 Å². The molecule has 3 aromatic carbocycles. The van der Waals surface area contributed by atoms with Gasteiger partial charge in [0.05, 0.1) is 10.0 Å². The van der Waals surface area contributed by atoms with E-state index in [4.69, 9.17) is 32.7 Å². The molecule has 0 aliphatic carbocycles. The van der Waals surface area contributed by atoms with Gasteiger partial charge in [0, 0.05) is 11.8 Å². The van der Waals surface area contributed by atoms with Gasteiger partial charge in [0.15, 0.2) is 6.61 Å². The zero-order valence-electron chi connectivity index (χ0n) is 15.7. The third kappa shape index (κ3) is 6.65. The summed E-state index contributed by atoms with van der Waals surface area (Å²) in [5, 5.41) is 3.45. The van der Waals surface area contributed by atoms with Crippen molar-refractivity contribution >= 4 is 46.8 Å². The number of halogens is 2. The Morgan fingerprint density at radius 2 is 1.57 bits per heavy atom. The lowest BCUT2D eigenvalue weighted by Gasteiger charge is -2.08. The van der Waals surface area contributed by atoms with Crippen LogP contribution in [0.1, 0.15) is 5.56 Å². The third-order valence-electron chi connectivity index (χ3n) is 3.82. The molecule has 0 bridgehead atoms. The summed E-state index contributed by atoms with van der Waals surface area (Å²) in [6.45, 7) is -0.410. The second kappa shape index (κ2) is 10.5. The van der Waals surface area contributed by atoms with E-state index < -0.39 is 18.5 Å². The first-order valence-corrected chi connectivity index (χ1v) is 9.68. The second-order valence-corrected chi connectivity index (χ2v) is 6.92. The van der Waals surface area contributed by atoms with Crippen molar-refractivity contribution in [3.05, 3.63) is 94.5 Å². The van der Waals surface area contributed by atoms with Gasteiger partial charge in [-0.3, -0.25) is 4.79 Å². The molecule has 152 valence electrons. The molecule has 0 saturated heterocycles. The maximum atomic E-state index is 12.0. The number of hydrogen-bond acceptors (Lipinski definition) is 4. The Hall–Kier alpha value is -3.28. The standard InChI is InChI=1S/C23H17Cl2NO4/c24-20-12-6-16(14-21(20)25)7-13-23(28)29-15-22(27)26-17-8-10-19(11-9-17)30-18-4-2-1-3-5-18/h1-14H,15H2,(H,26,27). The molecule has 3 rings (SSSR count). The van der Waals surface area contributed by atoms with Crippen LogP contribution in [0.2, 0.25) is 10.0 Å². The van der Waals surface area contributed by atoms with Crippen LogP contribution in [0.3, 0.4) is 0 Å². The zero-order valence-corrected chi connectivity index (χ0v) is 17.2. The minimum absolute atomic E-state index is 0.381. The molecule has 0 aliphatic rings. The predicted molar refractivity (Wildman–Crippen MR) is 118 cm³/mol. The van der Waals surface area contributed by atoms with E-state index in [1.165, 1.54) is 12.2 Å². The Bertz CT molecular complexity index is 1050. The minimum Gasteiger partial charge on any atom is -0.457 e. The molecule has 5 nitrogen and oxygen atoms in total. The number of carbonyl (C=O) groups is 2. The molecule has 0 atom stereocenters. The number of amides is 1. The lowest BCUT2D eigenvalue weighted by Crippen LogP contribution is -2.20. The summed E-state index contributed by atoms with van der Waals surface area (Å²) >= 11 is 11.8. The van der Waals surface area contributed by atoms with E-state index in [0.717, 1.165) is 5.75 Å². The Morgan fingerprint density at radius 3 is 2.27 bits per heavy atom. The van der Waals surface area contributed by atoms with Gasteiger partial charge in [0.2, 0.25) is 0 Å². The van der Waals surface area contributed by atoms with Gasteiger partial charge in [-0.1, -0.05) is 47.5 Å². The van der Waals surface area contributed by atoms with Crippen molar-refractivity contribution in [3.8, 4) is 11.5 Å². The lowest BCUT2D eigenvalue weighted by atomic mass is 10.2. The Labute approximate surface area is 183 Å². The smallest absolute Gasteiger partial charge is 0.331 e. The summed E-state index contributed by atoms with van der Waals surface area (Å²) in [5.74, 6) is 0.249. The van der Waals surface area contributed by atoms with Crippen LogP contribution in [-0.4, -0.2) is 18.5 Å². The zero-order chi connectivity index (χ0) is 21.3. The van der Waals surface area contributed by atoms with E-state index in [9.17, 15) is 9.59 Å². The average Bonchev–Trinajstić information content (AvgIpc) is 2.75. The summed E-state index contributed by atoms with van der Waals surface area (Å²) in [6.07, 6.45) is 2.73. The van der Waals surface area contributed by atoms with Crippen molar-refractivity contribution in [2.24, 2.45) is 0 Å². The van der Waals surface area contributed by atoms with Crippen LogP contribution in [0.4, 0.5) is 5.69 Å². The molecule has 0 heterocycles. The molecule has 0 spiro atoms. The summed E-state index contributed by atoms with van der Waals surface area (Å²) in [5.41, 5.74) is 1.24. The van der Waals surface area contributed by atoms with Crippen LogP contribution in [-0.2, 0) is 14.3 Å². The summed E-state index contributed by atoms with van der Waals surface area (Å²) in [7, 11) is 0. The maximum Gasteiger partial charge on any atom is 0.331 e. The van der Waals surface area contributed by atoms with Gasteiger partial charge in [-0.25, -0.2) is 4.79 Å². The number of hydrogen-bond donors (Lipinski definition) is 1. The van der Waals surface area contributed by atoms with Gasteiger partial charge in [-0.05, 0) is 60.2 Å². The van der Waals surface area contributed by atoms with E-state index in [2.05, 4.69) is 5.32 Å². The highest BCUT2D eigenvalue weighted by Gasteiger charge is 2.06. The van der Waals surface area contributed by atoms with E-state index in [-0.39, 0.29) is 0 Å². The largest absolute Gasteiger partial charge is 0.457 e. The van der Waals surface area contributed by atoms with Gasteiger partial charge in [0.25, 0.3) is 5.91 Å². The molecule has 7 heteroatoms. The molecule has 0 radical (unpaired) electrons. The van der Waals surface area contributed by atoms with Crippen LogP contribution < -0.4 is 10.1 Å². The van der Waals surface area contributed by atoms with Crippen LogP contribution in [0.15, 0.2) is 78.9 Å². The topological polar surface area (TPSA) is 64.6 Å². The van der Waals surface area contributed by atoms with Gasteiger partial charge < -0.3 is 14.8 Å². The van der Waals surface area contributed by atoms with E-state index in [0.29, 0.717) is 27.0 Å². The maximum absolute atomic E-state index is 12.0. The molecule has 0 aromatic heterocycles. The highest BCUT2D eigenvalue weighted by Crippen LogP contribution is 2.23. The number of anilines is 1. The first-order valence-electron chi connectivity index (χ1n) is 8.92. The van der Waals surface area contributed by atoms with Crippen molar-refractivity contribution in [1.29, 1.82) is 0 Å². The highest BCUT2D eigenvalue weighted by atomic mass is 35.5. The molecule has 1 N–H and O–H groups in total.